The monoisotopic (exact) mass is 251 g/mol. The number of H-pyrrole nitrogens is 1. The molecule has 3 rings (SSSR count). The molecule has 0 aliphatic heterocycles. The number of aromatic nitrogens is 4. The molecular weight excluding hydrogens is 238 g/mol. The molecule has 5 heteroatoms. The van der Waals surface area contributed by atoms with Crippen molar-refractivity contribution in [3.63, 3.8) is 0 Å². The van der Waals surface area contributed by atoms with Crippen molar-refractivity contribution in [1.82, 2.24) is 19.7 Å². The van der Waals surface area contributed by atoms with Crippen LogP contribution in [0.25, 0.3) is 16.7 Å². The Bertz CT molecular complexity index is 782. The lowest BCUT2D eigenvalue weighted by Gasteiger charge is -2.12. The molecule has 0 atom stereocenters. The Morgan fingerprint density at radius 1 is 1.32 bits per heavy atom. The van der Waals surface area contributed by atoms with Crippen molar-refractivity contribution in [3.05, 3.63) is 60.5 Å². The molecule has 0 spiro atoms. The number of para-hydroxylation sites is 1. The van der Waals surface area contributed by atoms with Gasteiger partial charge < -0.3 is 0 Å². The zero-order chi connectivity index (χ0) is 13.2. The van der Waals surface area contributed by atoms with Gasteiger partial charge in [-0.2, -0.15) is 5.10 Å². The predicted molar refractivity (Wildman–Crippen MR) is 73.0 cm³/mol. The summed E-state index contributed by atoms with van der Waals surface area (Å²) in [5.74, 6) is 0.778. The highest BCUT2D eigenvalue weighted by Gasteiger charge is 2.10. The van der Waals surface area contributed by atoms with Crippen molar-refractivity contribution in [2.45, 2.75) is 6.42 Å². The minimum atomic E-state index is 0.352. The third-order valence-electron chi connectivity index (χ3n) is 2.93. The van der Waals surface area contributed by atoms with Crippen LogP contribution in [0.3, 0.4) is 0 Å². The van der Waals surface area contributed by atoms with E-state index in [-0.39, 0.29) is 0 Å². The third-order valence-corrected chi connectivity index (χ3v) is 2.93. The Morgan fingerprint density at radius 3 is 2.84 bits per heavy atom. The maximum Gasteiger partial charge on any atom is 0.158 e. The first-order valence-electron chi connectivity index (χ1n) is 5.97. The van der Waals surface area contributed by atoms with Crippen LogP contribution in [-0.2, 0) is 6.42 Å². The van der Waals surface area contributed by atoms with Crippen molar-refractivity contribution in [1.29, 1.82) is 5.41 Å². The molecule has 3 aromatic rings. The summed E-state index contributed by atoms with van der Waals surface area (Å²) >= 11 is 0. The van der Waals surface area contributed by atoms with Crippen LogP contribution in [0.2, 0.25) is 0 Å². The lowest BCUT2D eigenvalue weighted by Crippen LogP contribution is -2.23. The highest BCUT2D eigenvalue weighted by Crippen LogP contribution is 2.11. The van der Waals surface area contributed by atoms with Crippen LogP contribution in [0.4, 0.5) is 0 Å². The lowest BCUT2D eigenvalue weighted by molar-refractivity contribution is 0.826. The van der Waals surface area contributed by atoms with Gasteiger partial charge >= 0.3 is 0 Å². The van der Waals surface area contributed by atoms with Gasteiger partial charge in [-0.15, -0.1) is 6.58 Å². The van der Waals surface area contributed by atoms with Crippen molar-refractivity contribution < 1.29 is 0 Å². The smallest absolute Gasteiger partial charge is 0.158 e. The van der Waals surface area contributed by atoms with Crippen LogP contribution in [0, 0.1) is 5.41 Å². The first-order valence-corrected chi connectivity index (χ1v) is 5.97. The van der Waals surface area contributed by atoms with Crippen LogP contribution in [0.15, 0.2) is 49.2 Å². The predicted octanol–water partition coefficient (Wildman–Crippen LogP) is 1.96. The van der Waals surface area contributed by atoms with E-state index in [4.69, 9.17) is 5.41 Å². The highest BCUT2D eigenvalue weighted by molar-refractivity contribution is 5.72. The standard InChI is InChI=1S/C14H13N5/c1-2-6-12-17-11-9-16-18-13(11)14(15)19(12)10-7-4-3-5-8-10/h2-5,7-9,15H,1,6H2,(H,16,18). The van der Waals surface area contributed by atoms with Crippen molar-refractivity contribution >= 4 is 11.0 Å². The van der Waals surface area contributed by atoms with Gasteiger partial charge in [-0.05, 0) is 12.1 Å². The zero-order valence-corrected chi connectivity index (χ0v) is 10.3. The molecule has 0 saturated carbocycles. The lowest BCUT2D eigenvalue weighted by atomic mass is 10.2. The summed E-state index contributed by atoms with van der Waals surface area (Å²) in [5, 5.41) is 15.1. The van der Waals surface area contributed by atoms with Gasteiger partial charge in [0.1, 0.15) is 16.9 Å². The van der Waals surface area contributed by atoms with E-state index < -0.39 is 0 Å². The first kappa shape index (κ1) is 11.4. The SMILES string of the molecule is C=CCc1nc2cn[nH]c2c(=N)n1-c1ccccc1. The largest absolute Gasteiger partial charge is 0.282 e. The number of allylic oxidation sites excluding steroid dienone is 1. The fourth-order valence-corrected chi connectivity index (χ4v) is 2.09. The van der Waals surface area contributed by atoms with E-state index in [1.165, 1.54) is 0 Å². The number of aromatic amines is 1. The van der Waals surface area contributed by atoms with E-state index in [1.54, 1.807) is 12.3 Å². The van der Waals surface area contributed by atoms with Gasteiger partial charge in [-0.3, -0.25) is 15.1 Å². The molecule has 2 heterocycles. The molecule has 0 fully saturated rings. The van der Waals surface area contributed by atoms with Crippen LogP contribution >= 0.6 is 0 Å². The number of nitrogens with zero attached hydrogens (tertiary/aromatic N) is 3. The molecule has 0 saturated heterocycles. The molecule has 0 aliphatic carbocycles. The van der Waals surface area contributed by atoms with Gasteiger partial charge in [0.25, 0.3) is 0 Å². The number of rotatable bonds is 3. The molecule has 2 aromatic heterocycles. The summed E-state index contributed by atoms with van der Waals surface area (Å²) in [5.41, 5.74) is 2.60. The van der Waals surface area contributed by atoms with Crippen LogP contribution in [-0.4, -0.2) is 19.7 Å². The van der Waals surface area contributed by atoms with Gasteiger partial charge in [0, 0.05) is 12.1 Å². The quantitative estimate of drug-likeness (QED) is 0.698. The highest BCUT2D eigenvalue weighted by atomic mass is 15.2. The minimum absolute atomic E-state index is 0.352. The molecule has 0 bridgehead atoms. The van der Waals surface area contributed by atoms with Crippen LogP contribution in [0.5, 0.6) is 0 Å². The molecule has 19 heavy (non-hydrogen) atoms. The molecule has 0 amide bonds. The summed E-state index contributed by atoms with van der Waals surface area (Å²) in [6, 6.07) is 9.74. The number of hydrogen-bond donors (Lipinski definition) is 2. The second kappa shape index (κ2) is 4.53. The maximum atomic E-state index is 8.33. The number of nitrogens with one attached hydrogen (secondary N) is 2. The third kappa shape index (κ3) is 1.85. The number of hydrogen-bond acceptors (Lipinski definition) is 3. The van der Waals surface area contributed by atoms with Gasteiger partial charge in [0.05, 0.1) is 6.20 Å². The maximum absolute atomic E-state index is 8.33. The average Bonchev–Trinajstić information content (AvgIpc) is 2.89. The summed E-state index contributed by atoms with van der Waals surface area (Å²) in [6.45, 7) is 3.75. The van der Waals surface area contributed by atoms with E-state index in [9.17, 15) is 0 Å². The molecule has 2 N–H and O–H groups in total. The van der Waals surface area contributed by atoms with Gasteiger partial charge in [-0.1, -0.05) is 24.3 Å². The van der Waals surface area contributed by atoms with Crippen molar-refractivity contribution in [3.8, 4) is 5.69 Å². The first-order chi connectivity index (χ1) is 9.31. The summed E-state index contributed by atoms with van der Waals surface area (Å²) in [4.78, 5) is 4.54. The molecule has 0 aliphatic rings. The van der Waals surface area contributed by atoms with E-state index in [1.807, 2.05) is 34.9 Å². The molecule has 1 aromatic carbocycles. The summed E-state index contributed by atoms with van der Waals surface area (Å²) in [7, 11) is 0. The normalized spacial score (nSPS) is 10.7. The van der Waals surface area contributed by atoms with E-state index in [0.29, 0.717) is 22.9 Å². The molecular formula is C14H13N5. The number of benzene rings is 1. The van der Waals surface area contributed by atoms with Crippen LogP contribution in [0.1, 0.15) is 5.82 Å². The zero-order valence-electron chi connectivity index (χ0n) is 10.3. The fourth-order valence-electron chi connectivity index (χ4n) is 2.09. The summed E-state index contributed by atoms with van der Waals surface area (Å²) in [6.07, 6.45) is 4.02. The second-order valence-electron chi connectivity index (χ2n) is 4.17. The van der Waals surface area contributed by atoms with E-state index in [0.717, 1.165) is 11.5 Å². The number of fused-ring (bicyclic) bond motifs is 1. The molecule has 0 radical (unpaired) electrons. The van der Waals surface area contributed by atoms with Crippen molar-refractivity contribution in [2.75, 3.05) is 0 Å². The van der Waals surface area contributed by atoms with Crippen LogP contribution < -0.4 is 5.49 Å². The second-order valence-corrected chi connectivity index (χ2v) is 4.17. The minimum Gasteiger partial charge on any atom is -0.282 e. The van der Waals surface area contributed by atoms with Gasteiger partial charge in [-0.25, -0.2) is 4.98 Å². The molecule has 94 valence electrons. The Hall–Kier alpha value is -2.69. The average molecular weight is 251 g/mol. The summed E-state index contributed by atoms with van der Waals surface area (Å²) < 4.78 is 1.81. The molecule has 5 nitrogen and oxygen atoms in total. The van der Waals surface area contributed by atoms with Crippen molar-refractivity contribution in [2.24, 2.45) is 0 Å². The fraction of sp³-hybridized carbons (Fsp3) is 0.0714. The Kier molecular flexibility index (Phi) is 2.72. The Labute approximate surface area is 109 Å². The Morgan fingerprint density at radius 2 is 2.11 bits per heavy atom. The topological polar surface area (TPSA) is 70.3 Å². The van der Waals surface area contributed by atoms with Gasteiger partial charge in [0.2, 0.25) is 0 Å². The van der Waals surface area contributed by atoms with Gasteiger partial charge in [0.15, 0.2) is 5.49 Å². The Balaban J connectivity index is 2.37. The van der Waals surface area contributed by atoms with E-state index >= 15 is 0 Å². The van der Waals surface area contributed by atoms with E-state index in [2.05, 4.69) is 21.8 Å². The molecule has 0 unspecified atom stereocenters.